The van der Waals surface area contributed by atoms with Crippen LogP contribution in [-0.4, -0.2) is 15.8 Å². The molecule has 0 spiro atoms. The van der Waals surface area contributed by atoms with Crippen LogP contribution in [0.25, 0.3) is 11.0 Å². The van der Waals surface area contributed by atoms with Gasteiger partial charge in [-0.2, -0.15) is 0 Å². The quantitative estimate of drug-likeness (QED) is 0.602. The van der Waals surface area contributed by atoms with Crippen LogP contribution < -0.4 is 0 Å². The molecule has 0 amide bonds. The van der Waals surface area contributed by atoms with Gasteiger partial charge in [0.25, 0.3) is 0 Å². The lowest BCUT2D eigenvalue weighted by Gasteiger charge is -2.02. The van der Waals surface area contributed by atoms with Crippen LogP contribution >= 0.6 is 43.5 Å². The summed E-state index contributed by atoms with van der Waals surface area (Å²) < 4.78 is 1.60. The Morgan fingerprint density at radius 1 is 1.15 bits per heavy atom. The number of halogens is 3. The third-order valence-electron chi connectivity index (χ3n) is 2.87. The Bertz CT molecular complexity index is 809. The molecule has 0 saturated carbocycles. The molecule has 2 aromatic heterocycles. The molecule has 0 aliphatic rings. The van der Waals surface area contributed by atoms with E-state index >= 15 is 0 Å². The van der Waals surface area contributed by atoms with Gasteiger partial charge < -0.3 is 4.98 Å². The SMILES string of the molecule is O=C(c1cc(Cl)cc(Br)c1)c1c[nH]c2ncc(Br)cc12. The van der Waals surface area contributed by atoms with E-state index in [2.05, 4.69) is 41.8 Å². The van der Waals surface area contributed by atoms with Crippen molar-refractivity contribution in [2.24, 2.45) is 0 Å². The fraction of sp³-hybridized carbons (Fsp3) is 0. The molecule has 1 N–H and O–H groups in total. The van der Waals surface area contributed by atoms with Crippen LogP contribution in [0.4, 0.5) is 0 Å². The molecule has 0 radical (unpaired) electrons. The summed E-state index contributed by atoms with van der Waals surface area (Å²) in [5, 5.41) is 1.29. The molecule has 1 aromatic carbocycles. The van der Waals surface area contributed by atoms with Crippen molar-refractivity contribution in [2.75, 3.05) is 0 Å². The van der Waals surface area contributed by atoms with E-state index in [0.717, 1.165) is 14.3 Å². The van der Waals surface area contributed by atoms with Gasteiger partial charge in [-0.1, -0.05) is 27.5 Å². The highest BCUT2D eigenvalue weighted by Crippen LogP contribution is 2.26. The summed E-state index contributed by atoms with van der Waals surface area (Å²) in [6, 6.07) is 7.01. The first kappa shape index (κ1) is 13.8. The van der Waals surface area contributed by atoms with Gasteiger partial charge in [-0.3, -0.25) is 4.79 Å². The van der Waals surface area contributed by atoms with E-state index in [1.165, 1.54) is 0 Å². The van der Waals surface area contributed by atoms with Gasteiger partial charge in [-0.25, -0.2) is 4.98 Å². The predicted octanol–water partition coefficient (Wildman–Crippen LogP) is 4.97. The van der Waals surface area contributed by atoms with Crippen LogP contribution in [0.3, 0.4) is 0 Å². The molecule has 2 heterocycles. The Balaban J connectivity index is 2.15. The Labute approximate surface area is 136 Å². The van der Waals surface area contributed by atoms with Crippen LogP contribution in [0.2, 0.25) is 5.02 Å². The monoisotopic (exact) mass is 412 g/mol. The van der Waals surface area contributed by atoms with Crippen molar-refractivity contribution in [1.82, 2.24) is 9.97 Å². The lowest BCUT2D eigenvalue weighted by molar-refractivity contribution is 0.104. The molecule has 6 heteroatoms. The number of hydrogen-bond acceptors (Lipinski definition) is 2. The maximum Gasteiger partial charge on any atom is 0.195 e. The molecule has 3 nitrogen and oxygen atoms in total. The summed E-state index contributed by atoms with van der Waals surface area (Å²) >= 11 is 12.7. The summed E-state index contributed by atoms with van der Waals surface area (Å²) in [5.74, 6) is -0.0978. The van der Waals surface area contributed by atoms with E-state index in [4.69, 9.17) is 11.6 Å². The molecule has 0 bridgehead atoms. The maximum absolute atomic E-state index is 12.6. The fourth-order valence-corrected chi connectivity index (χ4v) is 3.20. The van der Waals surface area contributed by atoms with Crippen molar-refractivity contribution in [2.45, 2.75) is 0 Å². The third-order valence-corrected chi connectivity index (χ3v) is 3.98. The minimum atomic E-state index is -0.0978. The van der Waals surface area contributed by atoms with Crippen molar-refractivity contribution in [1.29, 1.82) is 0 Å². The molecule has 0 saturated heterocycles. The molecule has 0 unspecified atom stereocenters. The Kier molecular flexibility index (Phi) is 3.67. The van der Waals surface area contributed by atoms with Gasteiger partial charge >= 0.3 is 0 Å². The first-order chi connectivity index (χ1) is 9.54. The van der Waals surface area contributed by atoms with Gasteiger partial charge in [-0.05, 0) is 40.2 Å². The standard InChI is InChI=1S/C14H7Br2ClN2O/c15-8-1-7(2-10(17)3-8)13(20)12-6-19-14-11(12)4-9(16)5-18-14/h1-6H,(H,18,19). The number of pyridine rings is 1. The number of nitrogens with one attached hydrogen (secondary N) is 1. The van der Waals surface area contributed by atoms with Crippen LogP contribution in [0, 0.1) is 0 Å². The lowest BCUT2D eigenvalue weighted by Crippen LogP contribution is -2.00. The summed E-state index contributed by atoms with van der Waals surface area (Å²) in [5.41, 5.74) is 1.78. The van der Waals surface area contributed by atoms with Gasteiger partial charge in [0.2, 0.25) is 0 Å². The van der Waals surface area contributed by atoms with Gasteiger partial charge in [0.15, 0.2) is 5.78 Å². The Morgan fingerprint density at radius 2 is 1.95 bits per heavy atom. The zero-order valence-corrected chi connectivity index (χ0v) is 13.9. The highest BCUT2D eigenvalue weighted by atomic mass is 79.9. The van der Waals surface area contributed by atoms with Crippen molar-refractivity contribution in [3.63, 3.8) is 0 Å². The summed E-state index contributed by atoms with van der Waals surface area (Å²) in [6.45, 7) is 0. The maximum atomic E-state index is 12.6. The van der Waals surface area contributed by atoms with Crippen molar-refractivity contribution >= 4 is 60.3 Å². The summed E-state index contributed by atoms with van der Waals surface area (Å²) in [4.78, 5) is 19.8. The number of rotatable bonds is 2. The number of aromatic nitrogens is 2. The van der Waals surface area contributed by atoms with Crippen LogP contribution in [-0.2, 0) is 0 Å². The number of aromatic amines is 1. The van der Waals surface area contributed by atoms with Gasteiger partial charge in [0.1, 0.15) is 5.65 Å². The van der Waals surface area contributed by atoms with E-state index in [0.29, 0.717) is 21.8 Å². The number of benzene rings is 1. The molecule has 3 aromatic rings. The lowest BCUT2D eigenvalue weighted by atomic mass is 10.0. The van der Waals surface area contributed by atoms with Crippen LogP contribution in [0.1, 0.15) is 15.9 Å². The summed E-state index contributed by atoms with van der Waals surface area (Å²) in [6.07, 6.45) is 3.35. The minimum absolute atomic E-state index is 0.0978. The fourth-order valence-electron chi connectivity index (χ4n) is 2.01. The molecular formula is C14H7Br2ClN2O. The highest BCUT2D eigenvalue weighted by molar-refractivity contribution is 9.10. The molecule has 100 valence electrons. The number of carbonyl (C=O) groups is 1. The molecule has 0 aliphatic heterocycles. The average molecular weight is 414 g/mol. The number of nitrogens with zero attached hydrogens (tertiary/aromatic N) is 1. The van der Waals surface area contributed by atoms with E-state index in [1.807, 2.05) is 6.07 Å². The highest BCUT2D eigenvalue weighted by Gasteiger charge is 2.16. The van der Waals surface area contributed by atoms with Crippen molar-refractivity contribution < 1.29 is 4.79 Å². The third kappa shape index (κ3) is 2.53. The van der Waals surface area contributed by atoms with Gasteiger partial charge in [0, 0.05) is 42.9 Å². The molecule has 20 heavy (non-hydrogen) atoms. The molecular weight excluding hydrogens is 407 g/mol. The van der Waals surface area contributed by atoms with Gasteiger partial charge in [0.05, 0.1) is 0 Å². The number of ketones is 1. The average Bonchev–Trinajstić information content (AvgIpc) is 2.79. The second-order valence-electron chi connectivity index (χ2n) is 4.24. The number of fused-ring (bicyclic) bond motifs is 1. The zero-order valence-electron chi connectivity index (χ0n) is 9.95. The number of H-pyrrole nitrogens is 1. The van der Waals surface area contributed by atoms with Crippen molar-refractivity contribution in [3.05, 3.63) is 61.8 Å². The molecule has 0 atom stereocenters. The van der Waals surface area contributed by atoms with Crippen LogP contribution in [0.5, 0.6) is 0 Å². The molecule has 0 fully saturated rings. The molecule has 0 aliphatic carbocycles. The first-order valence-corrected chi connectivity index (χ1v) is 7.64. The zero-order chi connectivity index (χ0) is 14.3. The number of hydrogen-bond donors (Lipinski definition) is 1. The van der Waals surface area contributed by atoms with E-state index in [9.17, 15) is 4.79 Å². The Hall–Kier alpha value is -1.17. The second-order valence-corrected chi connectivity index (χ2v) is 6.51. The summed E-state index contributed by atoms with van der Waals surface area (Å²) in [7, 11) is 0. The largest absolute Gasteiger partial charge is 0.345 e. The topological polar surface area (TPSA) is 45.8 Å². The van der Waals surface area contributed by atoms with E-state index < -0.39 is 0 Å². The van der Waals surface area contributed by atoms with E-state index in [-0.39, 0.29) is 5.78 Å². The minimum Gasteiger partial charge on any atom is -0.345 e. The smallest absolute Gasteiger partial charge is 0.195 e. The molecule has 3 rings (SSSR count). The first-order valence-electron chi connectivity index (χ1n) is 5.68. The normalized spacial score (nSPS) is 10.9. The number of carbonyl (C=O) groups excluding carboxylic acids is 1. The van der Waals surface area contributed by atoms with Gasteiger partial charge in [-0.15, -0.1) is 0 Å². The van der Waals surface area contributed by atoms with Crippen molar-refractivity contribution in [3.8, 4) is 0 Å². The predicted molar refractivity (Wildman–Crippen MR) is 86.4 cm³/mol. The van der Waals surface area contributed by atoms with E-state index in [1.54, 1.807) is 30.6 Å². The van der Waals surface area contributed by atoms with Crippen LogP contribution in [0.15, 0.2) is 45.6 Å². The Morgan fingerprint density at radius 3 is 2.70 bits per heavy atom. The second kappa shape index (κ2) is 5.31.